The molecule has 1 saturated heterocycles. The largest absolute Gasteiger partial charge is 0.496 e. The molecular weight excluding hydrogens is 418 g/mol. The van der Waals surface area contributed by atoms with E-state index in [0.717, 1.165) is 47.0 Å². The van der Waals surface area contributed by atoms with Gasteiger partial charge in [-0.15, -0.1) is 0 Å². The highest BCUT2D eigenvalue weighted by molar-refractivity contribution is 5.94. The van der Waals surface area contributed by atoms with Gasteiger partial charge in [-0.1, -0.05) is 6.07 Å². The second-order valence-corrected chi connectivity index (χ2v) is 8.20. The number of amides is 1. The lowest BCUT2D eigenvalue weighted by Gasteiger charge is -2.27. The Bertz CT molecular complexity index is 1160. The first-order valence-electron chi connectivity index (χ1n) is 11.1. The van der Waals surface area contributed by atoms with E-state index in [0.29, 0.717) is 37.8 Å². The summed E-state index contributed by atoms with van der Waals surface area (Å²) in [7, 11) is 1.66. The van der Waals surface area contributed by atoms with E-state index in [2.05, 4.69) is 15.2 Å². The van der Waals surface area contributed by atoms with Gasteiger partial charge in [0.05, 0.1) is 20.3 Å². The van der Waals surface area contributed by atoms with Crippen LogP contribution in [-0.4, -0.2) is 60.7 Å². The molecule has 0 bridgehead atoms. The van der Waals surface area contributed by atoms with Crippen LogP contribution in [0.3, 0.4) is 0 Å². The third kappa shape index (κ3) is 4.34. The molecule has 8 nitrogen and oxygen atoms in total. The Morgan fingerprint density at radius 3 is 2.64 bits per heavy atom. The Kier molecular flexibility index (Phi) is 5.83. The smallest absolute Gasteiger partial charge is 0.254 e. The summed E-state index contributed by atoms with van der Waals surface area (Å²) in [6.45, 7) is 5.30. The molecule has 1 aromatic heterocycles. The number of nitrogens with one attached hydrogen (secondary N) is 1. The molecule has 2 aliphatic heterocycles. The number of fused-ring (bicyclic) bond motifs is 1. The molecule has 3 heterocycles. The quantitative estimate of drug-likeness (QED) is 0.641. The number of benzene rings is 2. The highest BCUT2D eigenvalue weighted by Gasteiger charge is 2.24. The van der Waals surface area contributed by atoms with Crippen LogP contribution < -0.4 is 15.0 Å². The Hall–Kier alpha value is -3.65. The van der Waals surface area contributed by atoms with Gasteiger partial charge in [-0.3, -0.25) is 4.79 Å². The van der Waals surface area contributed by atoms with Crippen molar-refractivity contribution in [1.29, 1.82) is 0 Å². The molecule has 170 valence electrons. The van der Waals surface area contributed by atoms with E-state index in [1.165, 1.54) is 0 Å². The highest BCUT2D eigenvalue weighted by Crippen LogP contribution is 2.34. The number of anilines is 4. The number of carbonyl (C=O) groups excluding carboxylic acids is 1. The zero-order chi connectivity index (χ0) is 22.8. The van der Waals surface area contributed by atoms with Crippen molar-refractivity contribution in [2.45, 2.75) is 13.3 Å². The van der Waals surface area contributed by atoms with Gasteiger partial charge in [-0.05, 0) is 49.2 Å². The number of aromatic nitrogens is 2. The van der Waals surface area contributed by atoms with Crippen LogP contribution in [0.4, 0.5) is 23.1 Å². The molecule has 0 spiro atoms. The number of ether oxygens (including phenoxy) is 2. The maximum Gasteiger partial charge on any atom is 0.254 e. The number of carbonyl (C=O) groups is 1. The van der Waals surface area contributed by atoms with Gasteiger partial charge in [0.2, 0.25) is 5.95 Å². The van der Waals surface area contributed by atoms with Crippen molar-refractivity contribution >= 4 is 29.0 Å². The van der Waals surface area contributed by atoms with E-state index in [9.17, 15) is 4.79 Å². The SMILES string of the molecule is COc1cc(Nc2ncc3c(n2)N(c2ccc(C(=O)N4CCOCC4)cc2)CC3)ccc1C. The Labute approximate surface area is 193 Å². The number of rotatable bonds is 5. The Morgan fingerprint density at radius 1 is 1.09 bits per heavy atom. The molecule has 0 saturated carbocycles. The minimum atomic E-state index is 0.0500. The number of morpholine rings is 1. The van der Waals surface area contributed by atoms with Gasteiger partial charge in [0.1, 0.15) is 11.6 Å². The fourth-order valence-corrected chi connectivity index (χ4v) is 4.22. The number of hydrogen-bond donors (Lipinski definition) is 1. The molecule has 0 unspecified atom stereocenters. The first-order valence-corrected chi connectivity index (χ1v) is 11.1. The average molecular weight is 446 g/mol. The molecule has 0 radical (unpaired) electrons. The monoisotopic (exact) mass is 445 g/mol. The predicted molar refractivity (Wildman–Crippen MR) is 127 cm³/mol. The van der Waals surface area contributed by atoms with E-state index in [-0.39, 0.29) is 5.91 Å². The minimum absolute atomic E-state index is 0.0500. The molecule has 8 heteroatoms. The van der Waals surface area contributed by atoms with Crippen LogP contribution in [0.15, 0.2) is 48.7 Å². The van der Waals surface area contributed by atoms with Crippen molar-refractivity contribution in [2.75, 3.05) is 50.2 Å². The van der Waals surface area contributed by atoms with Crippen molar-refractivity contribution < 1.29 is 14.3 Å². The van der Waals surface area contributed by atoms with Gasteiger partial charge >= 0.3 is 0 Å². The molecule has 2 aliphatic rings. The first-order chi connectivity index (χ1) is 16.1. The molecule has 1 amide bonds. The molecule has 0 aliphatic carbocycles. The van der Waals surface area contributed by atoms with Crippen molar-refractivity contribution in [3.8, 4) is 5.75 Å². The van der Waals surface area contributed by atoms with E-state index in [1.54, 1.807) is 7.11 Å². The lowest BCUT2D eigenvalue weighted by molar-refractivity contribution is 0.0303. The van der Waals surface area contributed by atoms with Gasteiger partial charge in [0.15, 0.2) is 0 Å². The lowest BCUT2D eigenvalue weighted by Crippen LogP contribution is -2.40. The van der Waals surface area contributed by atoms with Crippen LogP contribution in [-0.2, 0) is 11.2 Å². The molecule has 33 heavy (non-hydrogen) atoms. The summed E-state index contributed by atoms with van der Waals surface area (Å²) in [4.78, 5) is 26.0. The molecule has 2 aromatic carbocycles. The van der Waals surface area contributed by atoms with E-state index in [1.807, 2.05) is 60.5 Å². The van der Waals surface area contributed by atoms with Gasteiger partial charge in [0, 0.05) is 54.4 Å². The molecule has 3 aromatic rings. The molecule has 5 rings (SSSR count). The lowest BCUT2D eigenvalue weighted by atomic mass is 10.1. The van der Waals surface area contributed by atoms with Gasteiger partial charge in [-0.25, -0.2) is 4.98 Å². The van der Waals surface area contributed by atoms with Crippen LogP contribution in [0.5, 0.6) is 5.75 Å². The summed E-state index contributed by atoms with van der Waals surface area (Å²) >= 11 is 0. The van der Waals surface area contributed by atoms with E-state index < -0.39 is 0 Å². The number of aryl methyl sites for hydroxylation is 1. The summed E-state index contributed by atoms with van der Waals surface area (Å²) in [6, 6.07) is 13.7. The van der Waals surface area contributed by atoms with Crippen molar-refractivity contribution in [3.05, 3.63) is 65.4 Å². The van der Waals surface area contributed by atoms with Crippen LogP contribution in [0.25, 0.3) is 0 Å². The second-order valence-electron chi connectivity index (χ2n) is 8.20. The van der Waals surface area contributed by atoms with Crippen molar-refractivity contribution in [1.82, 2.24) is 14.9 Å². The number of nitrogens with zero attached hydrogens (tertiary/aromatic N) is 4. The summed E-state index contributed by atoms with van der Waals surface area (Å²) in [5, 5.41) is 3.28. The predicted octanol–water partition coefficient (Wildman–Crippen LogP) is 3.70. The van der Waals surface area contributed by atoms with Crippen LogP contribution in [0.1, 0.15) is 21.5 Å². The topological polar surface area (TPSA) is 79.8 Å². The van der Waals surface area contributed by atoms with Gasteiger partial charge in [-0.2, -0.15) is 4.98 Å². The van der Waals surface area contributed by atoms with E-state index in [4.69, 9.17) is 14.5 Å². The standard InChI is InChI=1S/C25H27N5O3/c1-17-3-6-20(15-22(17)32-2)27-25-26-16-19-9-10-30(23(19)28-25)21-7-4-18(5-8-21)24(31)29-11-13-33-14-12-29/h3-8,15-16H,9-14H2,1-2H3,(H,26,27,28). The van der Waals surface area contributed by atoms with Crippen LogP contribution in [0.2, 0.25) is 0 Å². The number of methoxy groups -OCH3 is 1. The Morgan fingerprint density at radius 2 is 1.88 bits per heavy atom. The third-order valence-corrected chi connectivity index (χ3v) is 6.09. The van der Waals surface area contributed by atoms with Crippen LogP contribution >= 0.6 is 0 Å². The number of hydrogen-bond acceptors (Lipinski definition) is 7. The normalized spacial score (nSPS) is 15.3. The molecule has 0 atom stereocenters. The molecular formula is C25H27N5O3. The summed E-state index contributed by atoms with van der Waals surface area (Å²) in [5.74, 6) is 2.29. The summed E-state index contributed by atoms with van der Waals surface area (Å²) < 4.78 is 10.8. The summed E-state index contributed by atoms with van der Waals surface area (Å²) in [5.41, 5.74) is 4.75. The van der Waals surface area contributed by atoms with Gasteiger partial charge in [0.25, 0.3) is 5.91 Å². The van der Waals surface area contributed by atoms with Crippen molar-refractivity contribution in [3.63, 3.8) is 0 Å². The van der Waals surface area contributed by atoms with E-state index >= 15 is 0 Å². The van der Waals surface area contributed by atoms with Crippen LogP contribution in [0, 0.1) is 6.92 Å². The highest BCUT2D eigenvalue weighted by atomic mass is 16.5. The third-order valence-electron chi connectivity index (χ3n) is 6.09. The Balaban J connectivity index is 1.34. The minimum Gasteiger partial charge on any atom is -0.496 e. The van der Waals surface area contributed by atoms with Crippen molar-refractivity contribution in [2.24, 2.45) is 0 Å². The van der Waals surface area contributed by atoms with Gasteiger partial charge < -0.3 is 24.6 Å². The zero-order valence-corrected chi connectivity index (χ0v) is 18.9. The first kappa shape index (κ1) is 21.2. The maximum absolute atomic E-state index is 12.7. The zero-order valence-electron chi connectivity index (χ0n) is 18.9. The maximum atomic E-state index is 12.7. The molecule has 1 N–H and O–H groups in total. The fraction of sp³-hybridized carbons (Fsp3) is 0.320. The molecule has 1 fully saturated rings. The summed E-state index contributed by atoms with van der Waals surface area (Å²) in [6.07, 6.45) is 2.76. The fourth-order valence-electron chi connectivity index (χ4n) is 4.22. The second kappa shape index (κ2) is 9.07. The average Bonchev–Trinajstić information content (AvgIpc) is 3.28.